The van der Waals surface area contributed by atoms with Crippen LogP contribution in [0.1, 0.15) is 6.92 Å². The zero-order valence-electron chi connectivity index (χ0n) is 8.35. The van der Waals surface area contributed by atoms with Gasteiger partial charge in [-0.15, -0.1) is 0 Å². The molecule has 0 aromatic heterocycles. The van der Waals surface area contributed by atoms with Crippen molar-refractivity contribution in [1.82, 2.24) is 0 Å². The highest BCUT2D eigenvalue weighted by Crippen LogP contribution is 2.39. The van der Waals surface area contributed by atoms with E-state index in [0.29, 0.717) is 11.5 Å². The van der Waals surface area contributed by atoms with Gasteiger partial charge in [-0.3, -0.25) is 0 Å². The molecule has 5 heteroatoms. The lowest BCUT2D eigenvalue weighted by Gasteiger charge is -1.99. The molecule has 0 spiro atoms. The number of methoxy groups -OCH3 is 1. The predicted octanol–water partition coefficient (Wildman–Crippen LogP) is 1.72. The topological polar surface area (TPSA) is 52.6 Å². The smallest absolute Gasteiger partial charge is 0.243 e. The third-order valence-electron chi connectivity index (χ3n) is 2.15. The molecule has 0 atom stereocenters. The molecule has 0 unspecified atom stereocenters. The molecule has 1 heterocycles. The maximum absolute atomic E-state index is 11.8. The SMILES string of the molecule is C/C=C1\Oc2ccc(OC)cc2S1(=O)=O. The first-order valence-electron chi connectivity index (χ1n) is 4.37. The zero-order chi connectivity index (χ0) is 11.1. The standard InChI is InChI=1S/C10H10O4S/c1-3-10-14-8-5-4-7(13-2)6-9(8)15(10,11)12/h3-6H,1-2H3/b10-3+. The molecule has 0 bridgehead atoms. The van der Waals surface area contributed by atoms with Crippen molar-refractivity contribution >= 4 is 9.84 Å². The Morgan fingerprint density at radius 1 is 1.40 bits per heavy atom. The van der Waals surface area contributed by atoms with Gasteiger partial charge >= 0.3 is 0 Å². The number of sulfone groups is 1. The largest absolute Gasteiger partial charge is 0.497 e. The summed E-state index contributed by atoms with van der Waals surface area (Å²) in [6.07, 6.45) is 1.43. The first kappa shape index (κ1) is 10.0. The van der Waals surface area contributed by atoms with E-state index in [2.05, 4.69) is 0 Å². The lowest BCUT2D eigenvalue weighted by Crippen LogP contribution is -1.99. The average Bonchev–Trinajstić information content (AvgIpc) is 2.50. The van der Waals surface area contributed by atoms with Crippen molar-refractivity contribution in [3.8, 4) is 11.5 Å². The Hall–Kier alpha value is -1.49. The van der Waals surface area contributed by atoms with Crippen molar-refractivity contribution in [1.29, 1.82) is 0 Å². The minimum atomic E-state index is -3.47. The van der Waals surface area contributed by atoms with E-state index in [1.165, 1.54) is 19.3 Å². The first-order valence-corrected chi connectivity index (χ1v) is 5.85. The summed E-state index contributed by atoms with van der Waals surface area (Å²) in [5.74, 6) is 0.849. The molecular formula is C10H10O4S. The highest BCUT2D eigenvalue weighted by atomic mass is 32.2. The van der Waals surface area contributed by atoms with Crippen molar-refractivity contribution in [2.45, 2.75) is 11.8 Å². The normalized spacial score (nSPS) is 19.7. The Balaban J connectivity index is 2.66. The second-order valence-corrected chi connectivity index (χ2v) is 4.87. The lowest BCUT2D eigenvalue weighted by atomic mass is 10.3. The van der Waals surface area contributed by atoms with Gasteiger partial charge < -0.3 is 9.47 Å². The lowest BCUT2D eigenvalue weighted by molar-refractivity contribution is 0.410. The summed E-state index contributed by atoms with van der Waals surface area (Å²) < 4.78 is 33.8. The monoisotopic (exact) mass is 226 g/mol. The molecule has 15 heavy (non-hydrogen) atoms. The van der Waals surface area contributed by atoms with E-state index >= 15 is 0 Å². The van der Waals surface area contributed by atoms with Crippen LogP contribution in [-0.4, -0.2) is 15.5 Å². The Labute approximate surface area is 88.0 Å². The molecule has 1 aromatic carbocycles. The second-order valence-electron chi connectivity index (χ2n) is 3.03. The van der Waals surface area contributed by atoms with Gasteiger partial charge in [-0.05, 0) is 25.1 Å². The summed E-state index contributed by atoms with van der Waals surface area (Å²) in [7, 11) is -1.98. The summed E-state index contributed by atoms with van der Waals surface area (Å²) >= 11 is 0. The number of allylic oxidation sites excluding steroid dienone is 1. The molecule has 4 nitrogen and oxygen atoms in total. The number of fused-ring (bicyclic) bond motifs is 1. The van der Waals surface area contributed by atoms with Crippen LogP contribution < -0.4 is 9.47 Å². The summed E-state index contributed by atoms with van der Waals surface area (Å²) in [6, 6.07) is 4.70. The molecule has 0 radical (unpaired) electrons. The summed E-state index contributed by atoms with van der Waals surface area (Å²) in [5.41, 5.74) is 0. The van der Waals surface area contributed by atoms with Crippen LogP contribution in [0.5, 0.6) is 11.5 Å². The fraction of sp³-hybridized carbons (Fsp3) is 0.200. The van der Waals surface area contributed by atoms with Gasteiger partial charge in [-0.1, -0.05) is 0 Å². The third kappa shape index (κ3) is 1.39. The highest BCUT2D eigenvalue weighted by Gasteiger charge is 2.33. The van der Waals surface area contributed by atoms with Gasteiger partial charge in [-0.25, -0.2) is 8.42 Å². The van der Waals surface area contributed by atoms with Crippen LogP contribution in [0.2, 0.25) is 0 Å². The van der Waals surface area contributed by atoms with Crippen molar-refractivity contribution in [3.63, 3.8) is 0 Å². The molecule has 1 aliphatic rings. The maximum Gasteiger partial charge on any atom is 0.243 e. The quantitative estimate of drug-likeness (QED) is 0.731. The number of hydrogen-bond acceptors (Lipinski definition) is 4. The number of hydrogen-bond donors (Lipinski definition) is 0. The number of benzene rings is 1. The molecule has 80 valence electrons. The summed E-state index contributed by atoms with van der Waals surface area (Å²) in [4.78, 5) is 0.162. The van der Waals surface area contributed by atoms with E-state index in [-0.39, 0.29) is 9.99 Å². The number of rotatable bonds is 1. The van der Waals surface area contributed by atoms with Crippen LogP contribution in [0, 0.1) is 0 Å². The van der Waals surface area contributed by atoms with Gasteiger partial charge in [0.05, 0.1) is 7.11 Å². The van der Waals surface area contributed by atoms with Crippen LogP contribution >= 0.6 is 0 Å². The van der Waals surface area contributed by atoms with Gasteiger partial charge in [0.1, 0.15) is 16.4 Å². The Morgan fingerprint density at radius 3 is 2.73 bits per heavy atom. The molecule has 0 amide bonds. The minimum Gasteiger partial charge on any atom is -0.497 e. The van der Waals surface area contributed by atoms with Gasteiger partial charge in [0.2, 0.25) is 14.9 Å². The third-order valence-corrected chi connectivity index (χ3v) is 3.90. The van der Waals surface area contributed by atoms with Gasteiger partial charge in [-0.2, -0.15) is 0 Å². The van der Waals surface area contributed by atoms with E-state index in [1.807, 2.05) is 0 Å². The second kappa shape index (κ2) is 3.27. The van der Waals surface area contributed by atoms with Crippen molar-refractivity contribution in [2.24, 2.45) is 0 Å². The van der Waals surface area contributed by atoms with Gasteiger partial charge in [0.15, 0.2) is 0 Å². The van der Waals surface area contributed by atoms with Crippen LogP contribution in [-0.2, 0) is 9.84 Å². The minimum absolute atomic E-state index is 0.0225. The summed E-state index contributed by atoms with van der Waals surface area (Å²) in [5, 5.41) is -0.0225. The van der Waals surface area contributed by atoms with E-state index in [9.17, 15) is 8.42 Å². The molecule has 0 saturated carbocycles. The van der Waals surface area contributed by atoms with Gasteiger partial charge in [0, 0.05) is 6.07 Å². The van der Waals surface area contributed by atoms with E-state index < -0.39 is 9.84 Å². The molecule has 1 aliphatic heterocycles. The van der Waals surface area contributed by atoms with E-state index in [4.69, 9.17) is 9.47 Å². The van der Waals surface area contributed by atoms with E-state index in [1.54, 1.807) is 19.1 Å². The van der Waals surface area contributed by atoms with Gasteiger partial charge in [0.25, 0.3) is 0 Å². The number of ether oxygens (including phenoxy) is 2. The van der Waals surface area contributed by atoms with Crippen molar-refractivity contribution in [2.75, 3.05) is 7.11 Å². The molecule has 0 aliphatic carbocycles. The molecule has 1 aromatic rings. The Bertz CT molecular complexity index is 528. The molecule has 0 fully saturated rings. The van der Waals surface area contributed by atoms with Crippen LogP contribution in [0.25, 0.3) is 0 Å². The van der Waals surface area contributed by atoms with Crippen LogP contribution in [0.4, 0.5) is 0 Å². The fourth-order valence-electron chi connectivity index (χ4n) is 1.40. The molecule has 2 rings (SSSR count). The van der Waals surface area contributed by atoms with Crippen molar-refractivity contribution < 1.29 is 17.9 Å². The Morgan fingerprint density at radius 2 is 2.13 bits per heavy atom. The maximum atomic E-state index is 11.8. The summed E-state index contributed by atoms with van der Waals surface area (Å²) in [6.45, 7) is 1.62. The van der Waals surface area contributed by atoms with E-state index in [0.717, 1.165) is 0 Å². The van der Waals surface area contributed by atoms with Crippen LogP contribution in [0.3, 0.4) is 0 Å². The van der Waals surface area contributed by atoms with Crippen molar-refractivity contribution in [3.05, 3.63) is 29.4 Å². The Kier molecular flexibility index (Phi) is 2.19. The zero-order valence-corrected chi connectivity index (χ0v) is 9.17. The average molecular weight is 226 g/mol. The molecular weight excluding hydrogens is 216 g/mol. The molecule has 0 saturated heterocycles. The predicted molar refractivity (Wildman–Crippen MR) is 54.6 cm³/mol. The first-order chi connectivity index (χ1) is 7.09. The highest BCUT2D eigenvalue weighted by molar-refractivity contribution is 7.95. The fourth-order valence-corrected chi connectivity index (χ4v) is 2.77. The molecule has 0 N–H and O–H groups in total. The van der Waals surface area contributed by atoms with Crippen LogP contribution in [0.15, 0.2) is 34.3 Å².